The van der Waals surface area contributed by atoms with Gasteiger partial charge in [-0.25, -0.2) is 0 Å². The molecule has 6 nitrogen and oxygen atoms in total. The number of nitrogens with one attached hydrogen (secondary N) is 1. The largest absolute Gasteiger partial charge is 0.334 e. The Morgan fingerprint density at radius 2 is 2.13 bits per heavy atom. The predicted octanol–water partition coefficient (Wildman–Crippen LogP) is 2.20. The zero-order valence-electron chi connectivity index (χ0n) is 13.4. The SMILES string of the molecule is C[C@H]([NH2+][C@H]1CCCC[C@@H]1C)C(=O)Nc1ccc(F)c([N+](=O)[O-])c1. The molecule has 1 aromatic carbocycles. The van der Waals surface area contributed by atoms with E-state index in [2.05, 4.69) is 17.6 Å². The minimum atomic E-state index is -0.913. The summed E-state index contributed by atoms with van der Waals surface area (Å²) in [6.45, 7) is 4.02. The lowest BCUT2D eigenvalue weighted by molar-refractivity contribution is -0.714. The van der Waals surface area contributed by atoms with Gasteiger partial charge in [0.25, 0.3) is 5.91 Å². The normalized spacial score (nSPS) is 22.4. The van der Waals surface area contributed by atoms with E-state index in [-0.39, 0.29) is 17.6 Å². The number of rotatable bonds is 5. The predicted molar refractivity (Wildman–Crippen MR) is 84.5 cm³/mol. The van der Waals surface area contributed by atoms with Crippen molar-refractivity contribution in [3.8, 4) is 0 Å². The van der Waals surface area contributed by atoms with E-state index >= 15 is 0 Å². The van der Waals surface area contributed by atoms with E-state index < -0.39 is 16.4 Å². The van der Waals surface area contributed by atoms with Gasteiger partial charge in [0.2, 0.25) is 5.82 Å². The Kier molecular flexibility index (Phi) is 5.65. The lowest BCUT2D eigenvalue weighted by Crippen LogP contribution is -2.97. The van der Waals surface area contributed by atoms with Crippen molar-refractivity contribution in [2.24, 2.45) is 5.92 Å². The number of hydrogen-bond donors (Lipinski definition) is 2. The van der Waals surface area contributed by atoms with Crippen molar-refractivity contribution in [1.82, 2.24) is 0 Å². The first-order valence-corrected chi connectivity index (χ1v) is 7.98. The van der Waals surface area contributed by atoms with Crippen molar-refractivity contribution in [2.45, 2.75) is 51.6 Å². The summed E-state index contributed by atoms with van der Waals surface area (Å²) in [4.78, 5) is 22.2. The van der Waals surface area contributed by atoms with E-state index in [4.69, 9.17) is 0 Å². The van der Waals surface area contributed by atoms with Gasteiger partial charge in [-0.2, -0.15) is 4.39 Å². The summed E-state index contributed by atoms with van der Waals surface area (Å²) in [5.74, 6) is -0.571. The molecule has 0 bridgehead atoms. The van der Waals surface area contributed by atoms with Gasteiger partial charge in [-0.1, -0.05) is 13.3 Å². The molecule has 0 heterocycles. The number of benzene rings is 1. The van der Waals surface area contributed by atoms with Crippen molar-refractivity contribution >= 4 is 17.3 Å². The van der Waals surface area contributed by atoms with Crippen molar-refractivity contribution in [3.63, 3.8) is 0 Å². The van der Waals surface area contributed by atoms with Crippen LogP contribution in [-0.2, 0) is 4.79 Å². The highest BCUT2D eigenvalue weighted by atomic mass is 19.1. The zero-order chi connectivity index (χ0) is 17.0. The Hall–Kier alpha value is -2.02. The average molecular weight is 324 g/mol. The number of nitro benzene ring substituents is 1. The minimum absolute atomic E-state index is 0.233. The van der Waals surface area contributed by atoms with Gasteiger partial charge >= 0.3 is 5.69 Å². The molecular formula is C16H23FN3O3+. The van der Waals surface area contributed by atoms with Gasteiger partial charge in [0.15, 0.2) is 6.04 Å². The highest BCUT2D eigenvalue weighted by Crippen LogP contribution is 2.22. The number of hydrogen-bond acceptors (Lipinski definition) is 3. The van der Waals surface area contributed by atoms with E-state index in [1.165, 1.54) is 25.3 Å². The maximum atomic E-state index is 13.3. The van der Waals surface area contributed by atoms with E-state index in [9.17, 15) is 19.3 Å². The third-order valence-electron chi connectivity index (χ3n) is 4.54. The molecule has 3 atom stereocenters. The number of nitro groups is 1. The molecule has 0 saturated heterocycles. The topological polar surface area (TPSA) is 88.8 Å². The summed E-state index contributed by atoms with van der Waals surface area (Å²) >= 11 is 0. The molecule has 0 aliphatic heterocycles. The van der Waals surface area contributed by atoms with Gasteiger partial charge in [0.1, 0.15) is 0 Å². The molecule has 1 aliphatic carbocycles. The molecular weight excluding hydrogens is 301 g/mol. The molecule has 1 aliphatic rings. The monoisotopic (exact) mass is 324 g/mol. The van der Waals surface area contributed by atoms with E-state index in [0.717, 1.165) is 18.6 Å². The molecule has 7 heteroatoms. The van der Waals surface area contributed by atoms with Gasteiger partial charge in [-0.3, -0.25) is 14.9 Å². The van der Waals surface area contributed by atoms with Gasteiger partial charge in [-0.15, -0.1) is 0 Å². The van der Waals surface area contributed by atoms with Crippen LogP contribution in [0.4, 0.5) is 15.8 Å². The van der Waals surface area contributed by atoms with Crippen LogP contribution in [-0.4, -0.2) is 22.9 Å². The van der Waals surface area contributed by atoms with E-state index in [0.29, 0.717) is 12.0 Å². The standard InChI is InChI=1S/C16H22FN3O3/c1-10-5-3-4-6-14(10)18-11(2)16(21)19-12-7-8-13(17)15(9-12)20(22)23/h7-11,14,18H,3-6H2,1-2H3,(H,19,21)/p+1/t10-,11-,14-/m0/s1. The average Bonchev–Trinajstić information content (AvgIpc) is 2.51. The molecule has 23 heavy (non-hydrogen) atoms. The van der Waals surface area contributed by atoms with Crippen LogP contribution in [0.1, 0.15) is 39.5 Å². The van der Waals surface area contributed by atoms with E-state index in [1.807, 2.05) is 6.92 Å². The highest BCUT2D eigenvalue weighted by molar-refractivity contribution is 5.93. The molecule has 1 aromatic rings. The molecule has 2 rings (SSSR count). The molecule has 0 spiro atoms. The van der Waals surface area contributed by atoms with Crippen molar-refractivity contribution in [3.05, 3.63) is 34.1 Å². The van der Waals surface area contributed by atoms with Crippen LogP contribution < -0.4 is 10.6 Å². The Morgan fingerprint density at radius 1 is 1.43 bits per heavy atom. The number of halogens is 1. The quantitative estimate of drug-likeness (QED) is 0.643. The number of quaternary nitrogens is 1. The highest BCUT2D eigenvalue weighted by Gasteiger charge is 2.28. The van der Waals surface area contributed by atoms with Crippen molar-refractivity contribution in [2.75, 3.05) is 5.32 Å². The second-order valence-electron chi connectivity index (χ2n) is 6.32. The third-order valence-corrected chi connectivity index (χ3v) is 4.54. The Labute approximate surface area is 134 Å². The van der Waals surface area contributed by atoms with Crippen LogP contribution in [0.5, 0.6) is 0 Å². The summed E-state index contributed by atoms with van der Waals surface area (Å²) in [7, 11) is 0. The maximum Gasteiger partial charge on any atom is 0.306 e. The molecule has 0 aromatic heterocycles. The van der Waals surface area contributed by atoms with Gasteiger partial charge in [-0.05, 0) is 38.3 Å². The number of carbonyl (C=O) groups excluding carboxylic acids is 1. The minimum Gasteiger partial charge on any atom is -0.334 e. The molecule has 1 saturated carbocycles. The lowest BCUT2D eigenvalue weighted by atomic mass is 9.85. The fraction of sp³-hybridized carbons (Fsp3) is 0.562. The van der Waals surface area contributed by atoms with Gasteiger partial charge in [0.05, 0.1) is 11.0 Å². The second kappa shape index (κ2) is 7.50. The summed E-state index contributed by atoms with van der Waals surface area (Å²) in [6.07, 6.45) is 4.70. The van der Waals surface area contributed by atoms with Crippen molar-refractivity contribution < 1.29 is 19.4 Å². The Bertz CT molecular complexity index is 594. The van der Waals surface area contributed by atoms with Gasteiger partial charge < -0.3 is 10.6 Å². The molecule has 1 fully saturated rings. The molecule has 0 unspecified atom stereocenters. The molecule has 1 amide bonds. The number of nitrogens with two attached hydrogens (primary N) is 1. The first-order valence-electron chi connectivity index (χ1n) is 7.98. The first kappa shape index (κ1) is 17.3. The van der Waals surface area contributed by atoms with Crippen LogP contribution in [0, 0.1) is 21.8 Å². The van der Waals surface area contributed by atoms with Crippen molar-refractivity contribution in [1.29, 1.82) is 0 Å². The molecule has 0 radical (unpaired) electrons. The zero-order valence-corrected chi connectivity index (χ0v) is 13.4. The van der Waals surface area contributed by atoms with E-state index in [1.54, 1.807) is 0 Å². The fourth-order valence-electron chi connectivity index (χ4n) is 3.08. The number of anilines is 1. The summed E-state index contributed by atoms with van der Waals surface area (Å²) in [5, 5.41) is 15.4. The first-order chi connectivity index (χ1) is 10.9. The lowest BCUT2D eigenvalue weighted by Gasteiger charge is -2.28. The summed E-state index contributed by atoms with van der Waals surface area (Å²) in [5.41, 5.74) is -0.402. The van der Waals surface area contributed by atoms with Crippen LogP contribution in [0.2, 0.25) is 0 Å². The van der Waals surface area contributed by atoms with Crippen LogP contribution in [0.25, 0.3) is 0 Å². The summed E-state index contributed by atoms with van der Waals surface area (Å²) < 4.78 is 13.3. The van der Waals surface area contributed by atoms with Gasteiger partial charge in [0, 0.05) is 17.7 Å². The Balaban J connectivity index is 1.98. The fourth-order valence-corrected chi connectivity index (χ4v) is 3.08. The molecule has 126 valence electrons. The summed E-state index contributed by atoms with van der Waals surface area (Å²) in [6, 6.07) is 3.49. The van der Waals surface area contributed by atoms with Crippen LogP contribution in [0.3, 0.4) is 0 Å². The second-order valence-corrected chi connectivity index (χ2v) is 6.32. The number of carbonyl (C=O) groups is 1. The van der Waals surface area contributed by atoms with Crippen LogP contribution in [0.15, 0.2) is 18.2 Å². The number of amides is 1. The van der Waals surface area contributed by atoms with Crippen LogP contribution >= 0.6 is 0 Å². The molecule has 3 N–H and O–H groups in total. The smallest absolute Gasteiger partial charge is 0.306 e. The maximum absolute atomic E-state index is 13.3. The third kappa shape index (κ3) is 4.48. The number of nitrogens with zero attached hydrogens (tertiary/aromatic N) is 1. The Morgan fingerprint density at radius 3 is 2.78 bits per heavy atom.